The molecular formula is C21H42N4O. The number of hydrogen-bond donors (Lipinski definition) is 2. The van der Waals surface area contributed by atoms with Crippen molar-refractivity contribution < 1.29 is 4.79 Å². The summed E-state index contributed by atoms with van der Waals surface area (Å²) in [5, 5.41) is 7.42. The number of hydrogen-bond acceptors (Lipinski definition) is 3. The molecule has 0 aliphatic carbocycles. The summed E-state index contributed by atoms with van der Waals surface area (Å²) in [5.74, 6) is 0. The van der Waals surface area contributed by atoms with Crippen LogP contribution < -0.4 is 10.6 Å². The number of amides is 2. The second kappa shape index (κ2) is 6.66. The minimum Gasteiger partial charge on any atom is -0.325 e. The Bertz CT molecular complexity index is 460. The minimum atomic E-state index is 0.0399. The maximum Gasteiger partial charge on any atom is 0.319 e. The molecule has 2 heterocycles. The standard InChI is InChI=1S/C21H42N4O/c1-18(2)11-15(12-19(3,4)22-18)24(9)17(26)25(10)16-13-20(5,6)23-21(7,8)14-16/h15-16,22-23H,11-14H2,1-10H3. The number of nitrogens with one attached hydrogen (secondary N) is 2. The van der Waals surface area contributed by atoms with E-state index in [0.29, 0.717) is 0 Å². The Morgan fingerprint density at radius 1 is 0.654 bits per heavy atom. The van der Waals surface area contributed by atoms with Crippen molar-refractivity contribution in [3.63, 3.8) is 0 Å². The van der Waals surface area contributed by atoms with E-state index in [9.17, 15) is 4.79 Å². The monoisotopic (exact) mass is 366 g/mol. The van der Waals surface area contributed by atoms with Crippen molar-refractivity contribution >= 4 is 6.03 Å². The summed E-state index contributed by atoms with van der Waals surface area (Å²) in [6, 6.07) is 0.680. The molecule has 2 saturated heterocycles. The second-order valence-corrected chi connectivity index (χ2v) is 11.4. The Kier molecular flexibility index (Phi) is 5.51. The molecule has 26 heavy (non-hydrogen) atoms. The van der Waals surface area contributed by atoms with Gasteiger partial charge in [-0.15, -0.1) is 0 Å². The first-order valence-electron chi connectivity index (χ1n) is 10.1. The number of piperidine rings is 2. The summed E-state index contributed by atoms with van der Waals surface area (Å²) in [6.45, 7) is 17.9. The van der Waals surface area contributed by atoms with Crippen LogP contribution in [0.2, 0.25) is 0 Å². The van der Waals surface area contributed by atoms with Crippen LogP contribution in [0.1, 0.15) is 81.1 Å². The van der Waals surface area contributed by atoms with Crippen LogP contribution in [0.25, 0.3) is 0 Å². The molecule has 2 amide bonds. The van der Waals surface area contributed by atoms with Gasteiger partial charge in [0.2, 0.25) is 0 Å². The maximum absolute atomic E-state index is 13.3. The third kappa shape index (κ3) is 5.13. The van der Waals surface area contributed by atoms with E-state index in [1.54, 1.807) is 0 Å². The molecular weight excluding hydrogens is 324 g/mol. The van der Waals surface area contributed by atoms with E-state index in [4.69, 9.17) is 0 Å². The first-order valence-corrected chi connectivity index (χ1v) is 10.1. The van der Waals surface area contributed by atoms with Gasteiger partial charge < -0.3 is 20.4 Å². The summed E-state index contributed by atoms with van der Waals surface area (Å²) in [7, 11) is 3.97. The fourth-order valence-corrected chi connectivity index (χ4v) is 5.65. The smallest absolute Gasteiger partial charge is 0.319 e. The molecule has 0 bridgehead atoms. The number of carbonyl (C=O) groups excluding carboxylic acids is 1. The number of rotatable bonds is 2. The van der Waals surface area contributed by atoms with E-state index in [1.807, 2.05) is 23.9 Å². The SMILES string of the molecule is CN(C(=O)N(C)C1CC(C)(C)NC(C)(C)C1)C1CC(C)(C)NC(C)(C)C1. The van der Waals surface area contributed by atoms with Crippen LogP contribution in [0.3, 0.4) is 0 Å². The lowest BCUT2D eigenvalue weighted by molar-refractivity contribution is 0.0575. The Morgan fingerprint density at radius 3 is 1.12 bits per heavy atom. The molecule has 0 spiro atoms. The second-order valence-electron chi connectivity index (χ2n) is 11.4. The lowest BCUT2D eigenvalue weighted by Gasteiger charge is -2.51. The highest BCUT2D eigenvalue weighted by molar-refractivity contribution is 5.74. The Morgan fingerprint density at radius 2 is 0.885 bits per heavy atom. The van der Waals surface area contributed by atoms with Gasteiger partial charge in [-0.25, -0.2) is 4.79 Å². The van der Waals surface area contributed by atoms with E-state index >= 15 is 0 Å². The minimum absolute atomic E-state index is 0.0399. The summed E-state index contributed by atoms with van der Waals surface area (Å²) < 4.78 is 0. The highest BCUT2D eigenvalue weighted by Crippen LogP contribution is 2.34. The van der Waals surface area contributed by atoms with Gasteiger partial charge in [-0.05, 0) is 81.1 Å². The Balaban J connectivity index is 2.12. The van der Waals surface area contributed by atoms with E-state index in [2.05, 4.69) is 66.0 Å². The quantitative estimate of drug-likeness (QED) is 0.785. The summed E-state index contributed by atoms with van der Waals surface area (Å²) in [5.41, 5.74) is 0.160. The zero-order valence-electron chi connectivity index (χ0n) is 18.8. The van der Waals surface area contributed by atoms with E-state index < -0.39 is 0 Å². The number of carbonyl (C=O) groups is 1. The van der Waals surface area contributed by atoms with Crippen molar-refractivity contribution in [1.82, 2.24) is 20.4 Å². The largest absolute Gasteiger partial charge is 0.325 e. The zero-order chi connectivity index (χ0) is 20.1. The number of urea groups is 1. The lowest BCUT2D eigenvalue weighted by Crippen LogP contribution is -2.65. The van der Waals surface area contributed by atoms with Crippen LogP contribution in [-0.4, -0.2) is 64.2 Å². The molecule has 0 unspecified atom stereocenters. The first-order chi connectivity index (χ1) is 11.5. The highest BCUT2D eigenvalue weighted by Gasteiger charge is 2.43. The van der Waals surface area contributed by atoms with Crippen LogP contribution >= 0.6 is 0 Å². The van der Waals surface area contributed by atoms with E-state index in [0.717, 1.165) is 25.7 Å². The van der Waals surface area contributed by atoms with Gasteiger partial charge >= 0.3 is 6.03 Å². The predicted molar refractivity (Wildman–Crippen MR) is 110 cm³/mol. The maximum atomic E-state index is 13.3. The topological polar surface area (TPSA) is 47.6 Å². The van der Waals surface area contributed by atoms with Crippen LogP contribution in [0.5, 0.6) is 0 Å². The Labute approximate surface area is 161 Å². The molecule has 0 radical (unpaired) electrons. The average molecular weight is 367 g/mol. The molecule has 5 nitrogen and oxygen atoms in total. The molecule has 152 valence electrons. The van der Waals surface area contributed by atoms with Gasteiger partial charge in [0.05, 0.1) is 0 Å². The third-order valence-corrected chi connectivity index (χ3v) is 6.04. The van der Waals surface area contributed by atoms with Gasteiger partial charge in [-0.2, -0.15) is 0 Å². The molecule has 0 atom stereocenters. The molecule has 0 aromatic heterocycles. The average Bonchev–Trinajstić information content (AvgIpc) is 2.38. The lowest BCUT2D eigenvalue weighted by atomic mass is 9.78. The molecule has 0 aromatic carbocycles. The molecule has 2 rings (SSSR count). The predicted octanol–water partition coefficient (Wildman–Crippen LogP) is 3.59. The molecule has 0 aromatic rings. The summed E-state index contributed by atoms with van der Waals surface area (Å²) in [6.07, 6.45) is 3.93. The van der Waals surface area contributed by atoms with Crippen LogP contribution in [0, 0.1) is 0 Å². The molecule has 2 fully saturated rings. The highest BCUT2D eigenvalue weighted by atomic mass is 16.2. The fraction of sp³-hybridized carbons (Fsp3) is 0.952. The molecule has 2 aliphatic rings. The van der Waals surface area contributed by atoms with E-state index in [-0.39, 0.29) is 40.3 Å². The normalized spacial score (nSPS) is 27.8. The summed E-state index contributed by atoms with van der Waals surface area (Å²) in [4.78, 5) is 17.3. The molecule has 2 N–H and O–H groups in total. The van der Waals surface area contributed by atoms with Crippen molar-refractivity contribution in [2.75, 3.05) is 14.1 Å². The molecule has 5 heteroatoms. The first kappa shape index (κ1) is 21.5. The number of nitrogens with zero attached hydrogens (tertiary/aromatic N) is 2. The van der Waals surface area contributed by atoms with Crippen molar-refractivity contribution in [2.45, 2.75) is 115 Å². The van der Waals surface area contributed by atoms with Gasteiger partial charge in [-0.3, -0.25) is 0 Å². The fourth-order valence-electron chi connectivity index (χ4n) is 5.65. The molecule has 2 aliphatic heterocycles. The van der Waals surface area contributed by atoms with E-state index in [1.165, 1.54) is 0 Å². The van der Waals surface area contributed by atoms with Crippen molar-refractivity contribution in [1.29, 1.82) is 0 Å². The third-order valence-electron chi connectivity index (χ3n) is 6.04. The zero-order valence-corrected chi connectivity index (χ0v) is 18.8. The van der Waals surface area contributed by atoms with Gasteiger partial charge in [0.15, 0.2) is 0 Å². The van der Waals surface area contributed by atoms with Crippen LogP contribution in [-0.2, 0) is 0 Å². The van der Waals surface area contributed by atoms with Crippen molar-refractivity contribution in [3.05, 3.63) is 0 Å². The Hall–Kier alpha value is -0.810. The molecule has 0 saturated carbocycles. The van der Waals surface area contributed by atoms with Gasteiger partial charge in [0.1, 0.15) is 0 Å². The van der Waals surface area contributed by atoms with Gasteiger partial charge in [-0.1, -0.05) is 0 Å². The summed E-state index contributed by atoms with van der Waals surface area (Å²) >= 11 is 0. The van der Waals surface area contributed by atoms with Crippen LogP contribution in [0.15, 0.2) is 0 Å². The van der Waals surface area contributed by atoms with Crippen molar-refractivity contribution in [3.8, 4) is 0 Å². The van der Waals surface area contributed by atoms with Crippen molar-refractivity contribution in [2.24, 2.45) is 0 Å². The van der Waals surface area contributed by atoms with Gasteiger partial charge in [0.25, 0.3) is 0 Å². The van der Waals surface area contributed by atoms with Gasteiger partial charge in [0, 0.05) is 48.3 Å². The van der Waals surface area contributed by atoms with Crippen LogP contribution in [0.4, 0.5) is 4.79 Å².